The number of hydrogen-bond acceptors (Lipinski definition) is 3. The molecule has 3 N–H and O–H groups in total. The highest BCUT2D eigenvalue weighted by molar-refractivity contribution is 9.09. The number of alkyl halides is 1. The molecule has 1 aromatic carbocycles. The minimum atomic E-state index is -0.721. The lowest BCUT2D eigenvalue weighted by atomic mass is 10.2. The Morgan fingerprint density at radius 2 is 1.82 bits per heavy atom. The van der Waals surface area contributed by atoms with Crippen molar-refractivity contribution >= 4 is 38.6 Å². The largest absolute Gasteiger partial charge is 0.325 e. The summed E-state index contributed by atoms with van der Waals surface area (Å²) in [7, 11) is 0. The lowest BCUT2D eigenvalue weighted by Crippen LogP contribution is -2.28. The molecule has 0 saturated heterocycles. The number of carbonyl (C=O) groups excluding carboxylic acids is 1. The fraction of sp³-hybridized carbons (Fsp3) is 0.100. The highest BCUT2D eigenvalue weighted by atomic mass is 79.9. The van der Waals surface area contributed by atoms with E-state index in [1.165, 1.54) is 0 Å². The van der Waals surface area contributed by atoms with Gasteiger partial charge >= 0.3 is 11.1 Å². The molecule has 0 aliphatic carbocycles. The van der Waals surface area contributed by atoms with Gasteiger partial charge in [0.15, 0.2) is 0 Å². The molecule has 1 amide bonds. The third-order valence-electron chi connectivity index (χ3n) is 2.13. The first kappa shape index (κ1) is 11.6. The second-order valence-electron chi connectivity index (χ2n) is 3.35. The molecule has 0 atom stereocenters. The Kier molecular flexibility index (Phi) is 3.10. The van der Waals surface area contributed by atoms with Crippen molar-refractivity contribution < 1.29 is 4.79 Å². The molecule has 0 aliphatic heterocycles. The molecule has 0 spiro atoms. The van der Waals surface area contributed by atoms with Crippen LogP contribution in [0, 0.1) is 0 Å². The fourth-order valence-electron chi connectivity index (χ4n) is 1.39. The molecule has 0 saturated carbocycles. The van der Waals surface area contributed by atoms with Crippen LogP contribution in [-0.2, 0) is 4.79 Å². The van der Waals surface area contributed by atoms with Gasteiger partial charge in [-0.15, -0.1) is 0 Å². The van der Waals surface area contributed by atoms with Crippen LogP contribution in [0.25, 0.3) is 11.0 Å². The van der Waals surface area contributed by atoms with Gasteiger partial charge < -0.3 is 15.3 Å². The van der Waals surface area contributed by atoms with Gasteiger partial charge in [0.1, 0.15) is 0 Å². The molecule has 0 unspecified atom stereocenters. The summed E-state index contributed by atoms with van der Waals surface area (Å²) in [6.45, 7) is 0. The summed E-state index contributed by atoms with van der Waals surface area (Å²) in [6.07, 6.45) is 0. The zero-order chi connectivity index (χ0) is 12.4. The number of anilines is 1. The van der Waals surface area contributed by atoms with Crippen LogP contribution in [0.2, 0.25) is 0 Å². The second kappa shape index (κ2) is 4.54. The molecule has 0 aliphatic rings. The highest BCUT2D eigenvalue weighted by Crippen LogP contribution is 2.13. The van der Waals surface area contributed by atoms with Crippen LogP contribution in [0.3, 0.4) is 0 Å². The number of H-pyrrole nitrogens is 2. The van der Waals surface area contributed by atoms with E-state index in [-0.39, 0.29) is 11.2 Å². The highest BCUT2D eigenvalue weighted by Gasteiger charge is 2.03. The van der Waals surface area contributed by atoms with Crippen molar-refractivity contribution in [2.75, 3.05) is 10.6 Å². The van der Waals surface area contributed by atoms with Gasteiger partial charge in [0.25, 0.3) is 0 Å². The van der Waals surface area contributed by atoms with Gasteiger partial charge in [-0.2, -0.15) is 0 Å². The summed E-state index contributed by atoms with van der Waals surface area (Å²) in [4.78, 5) is 38.2. The average Bonchev–Trinajstić information content (AvgIpc) is 2.31. The van der Waals surface area contributed by atoms with Crippen molar-refractivity contribution in [3.05, 3.63) is 38.9 Å². The molecule has 1 aromatic heterocycles. The van der Waals surface area contributed by atoms with E-state index in [9.17, 15) is 14.4 Å². The molecule has 88 valence electrons. The number of hydrogen-bond donors (Lipinski definition) is 3. The Hall–Kier alpha value is -1.89. The summed E-state index contributed by atoms with van der Waals surface area (Å²) in [6, 6.07) is 4.82. The first-order chi connectivity index (χ1) is 8.10. The summed E-state index contributed by atoms with van der Waals surface area (Å²) in [5.41, 5.74) is 0.0919. The van der Waals surface area contributed by atoms with E-state index in [1.54, 1.807) is 18.2 Å². The fourth-order valence-corrected chi connectivity index (χ4v) is 1.53. The molecule has 2 rings (SSSR count). The minimum Gasteiger partial charge on any atom is -0.325 e. The van der Waals surface area contributed by atoms with E-state index >= 15 is 0 Å². The number of fused-ring (bicyclic) bond motifs is 1. The lowest BCUT2D eigenvalue weighted by molar-refractivity contribution is -0.113. The summed E-state index contributed by atoms with van der Waals surface area (Å²) in [5, 5.41) is 2.81. The van der Waals surface area contributed by atoms with Gasteiger partial charge in [-0.05, 0) is 18.2 Å². The molecule has 0 fully saturated rings. The Labute approximate surface area is 103 Å². The lowest BCUT2D eigenvalue weighted by Gasteiger charge is -2.04. The van der Waals surface area contributed by atoms with Crippen LogP contribution in [0.1, 0.15) is 0 Å². The van der Waals surface area contributed by atoms with Gasteiger partial charge in [-0.25, -0.2) is 0 Å². The van der Waals surface area contributed by atoms with E-state index in [1.807, 2.05) is 0 Å². The zero-order valence-corrected chi connectivity index (χ0v) is 10.1. The predicted octanol–water partition coefficient (Wildman–Crippen LogP) is 0.550. The number of nitrogens with one attached hydrogen (secondary N) is 3. The third kappa shape index (κ3) is 2.44. The van der Waals surface area contributed by atoms with Gasteiger partial charge in [-0.1, -0.05) is 15.9 Å². The maximum Gasteiger partial charge on any atom is 0.314 e. The molecule has 7 heteroatoms. The summed E-state index contributed by atoms with van der Waals surface area (Å²) >= 11 is 3.03. The van der Waals surface area contributed by atoms with Crippen molar-refractivity contribution in [2.45, 2.75) is 0 Å². The van der Waals surface area contributed by atoms with Crippen LogP contribution in [0.4, 0.5) is 5.69 Å². The van der Waals surface area contributed by atoms with Crippen molar-refractivity contribution in [3.8, 4) is 0 Å². The van der Waals surface area contributed by atoms with Gasteiger partial charge in [0, 0.05) is 5.69 Å². The van der Waals surface area contributed by atoms with Gasteiger partial charge in [-0.3, -0.25) is 14.4 Å². The van der Waals surface area contributed by atoms with Crippen molar-refractivity contribution in [1.82, 2.24) is 9.97 Å². The van der Waals surface area contributed by atoms with Crippen molar-refractivity contribution in [1.29, 1.82) is 0 Å². The standard InChI is InChI=1S/C10H8BrN3O3/c11-4-8(15)12-5-1-2-6-7(3-5)14-10(17)9(16)13-6/h1-3H,4H2,(H,12,15)(H,13,16)(H,14,17). The predicted molar refractivity (Wildman–Crippen MR) is 67.6 cm³/mol. The maximum atomic E-state index is 11.2. The summed E-state index contributed by atoms with van der Waals surface area (Å²) in [5.74, 6) is -0.198. The van der Waals surface area contributed by atoms with Crippen LogP contribution in [-0.4, -0.2) is 21.2 Å². The molecule has 2 aromatic rings. The topological polar surface area (TPSA) is 94.8 Å². The Balaban J connectivity index is 2.50. The van der Waals surface area contributed by atoms with Gasteiger partial charge in [0.2, 0.25) is 5.91 Å². The normalized spacial score (nSPS) is 10.4. The summed E-state index contributed by atoms with van der Waals surface area (Å²) < 4.78 is 0. The van der Waals surface area contributed by atoms with Crippen LogP contribution >= 0.6 is 15.9 Å². The Morgan fingerprint density at radius 3 is 2.47 bits per heavy atom. The number of aromatic amines is 2. The molecule has 0 radical (unpaired) electrons. The smallest absolute Gasteiger partial charge is 0.314 e. The Bertz CT molecular complexity index is 689. The second-order valence-corrected chi connectivity index (χ2v) is 3.91. The quantitative estimate of drug-likeness (QED) is 0.558. The molecular weight excluding hydrogens is 290 g/mol. The molecule has 17 heavy (non-hydrogen) atoms. The molecule has 0 bridgehead atoms. The molecular formula is C10H8BrN3O3. The van der Waals surface area contributed by atoms with Crippen molar-refractivity contribution in [3.63, 3.8) is 0 Å². The monoisotopic (exact) mass is 297 g/mol. The number of amides is 1. The number of aromatic nitrogens is 2. The first-order valence-electron chi connectivity index (χ1n) is 4.72. The van der Waals surface area contributed by atoms with Crippen LogP contribution in [0.15, 0.2) is 27.8 Å². The van der Waals surface area contributed by atoms with E-state index in [4.69, 9.17) is 0 Å². The minimum absolute atomic E-state index is 0.188. The van der Waals surface area contributed by atoms with E-state index in [0.717, 1.165) is 0 Å². The van der Waals surface area contributed by atoms with Crippen LogP contribution in [0.5, 0.6) is 0 Å². The third-order valence-corrected chi connectivity index (χ3v) is 2.64. The Morgan fingerprint density at radius 1 is 1.18 bits per heavy atom. The number of carbonyl (C=O) groups is 1. The zero-order valence-electron chi connectivity index (χ0n) is 8.54. The van der Waals surface area contributed by atoms with Crippen molar-refractivity contribution in [2.24, 2.45) is 0 Å². The first-order valence-corrected chi connectivity index (χ1v) is 5.84. The average molecular weight is 298 g/mol. The van der Waals surface area contributed by atoms with E-state index in [0.29, 0.717) is 16.7 Å². The molecule has 1 heterocycles. The maximum absolute atomic E-state index is 11.2. The van der Waals surface area contributed by atoms with E-state index in [2.05, 4.69) is 31.2 Å². The van der Waals surface area contributed by atoms with Crippen LogP contribution < -0.4 is 16.4 Å². The number of halogens is 1. The van der Waals surface area contributed by atoms with E-state index < -0.39 is 11.1 Å². The molecule has 6 nitrogen and oxygen atoms in total. The SMILES string of the molecule is O=C(CBr)Nc1ccc2[nH]c(=O)c(=O)[nH]c2c1. The number of benzene rings is 1. The number of rotatable bonds is 2. The van der Waals surface area contributed by atoms with Gasteiger partial charge in [0.05, 0.1) is 16.4 Å².